The molecule has 2 atom stereocenters. The quantitative estimate of drug-likeness (QED) is 0.564. The largest absolute Gasteiger partial charge is 0.481 e. The fourth-order valence-corrected chi connectivity index (χ4v) is 2.69. The number of nitrogens with two attached hydrogens (primary N) is 1. The maximum Gasteiger partial charge on any atom is 0.321 e. The van der Waals surface area contributed by atoms with Gasteiger partial charge in [0.2, 0.25) is 0 Å². The van der Waals surface area contributed by atoms with Crippen molar-refractivity contribution < 1.29 is 19.8 Å². The van der Waals surface area contributed by atoms with Crippen molar-refractivity contribution in [3.63, 3.8) is 0 Å². The predicted octanol–water partition coefficient (Wildman–Crippen LogP) is 2.80. The molecule has 0 radical (unpaired) electrons. The van der Waals surface area contributed by atoms with Crippen molar-refractivity contribution in [2.75, 3.05) is 20.6 Å². The second kappa shape index (κ2) is 12.2. The van der Waals surface area contributed by atoms with E-state index in [-0.39, 0.29) is 0 Å². The van der Waals surface area contributed by atoms with Gasteiger partial charge in [-0.1, -0.05) is 34.1 Å². The van der Waals surface area contributed by atoms with Gasteiger partial charge in [-0.15, -0.1) is 0 Å². The number of carbonyl (C=O) groups is 2. The Balaban J connectivity index is 0.000000370. The van der Waals surface area contributed by atoms with E-state index in [0.29, 0.717) is 5.92 Å². The Kier molecular flexibility index (Phi) is 10.4. The Morgan fingerprint density at radius 2 is 1.79 bits per heavy atom. The van der Waals surface area contributed by atoms with Crippen LogP contribution in [0.2, 0.25) is 0 Å². The summed E-state index contributed by atoms with van der Waals surface area (Å²) < 4.78 is 1.11. The second-order valence-corrected chi connectivity index (χ2v) is 7.41. The van der Waals surface area contributed by atoms with Gasteiger partial charge < -0.3 is 20.8 Å². The molecule has 0 fully saturated rings. The molecule has 2 unspecified atom stereocenters. The molecule has 28 heavy (non-hydrogen) atoms. The Labute approximate surface area is 173 Å². The minimum atomic E-state index is -1.29. The van der Waals surface area contributed by atoms with Crippen LogP contribution in [0.3, 0.4) is 0 Å². The Morgan fingerprint density at radius 3 is 2.21 bits per heavy atom. The van der Waals surface area contributed by atoms with Gasteiger partial charge in [-0.05, 0) is 56.9 Å². The van der Waals surface area contributed by atoms with E-state index >= 15 is 0 Å². The number of hydrogen-bond donors (Lipinski definition) is 3. The third kappa shape index (κ3) is 9.07. The highest BCUT2D eigenvalue weighted by Gasteiger charge is 2.15. The van der Waals surface area contributed by atoms with Crippen LogP contribution in [0.1, 0.15) is 30.0 Å². The molecule has 0 aliphatic carbocycles. The van der Waals surface area contributed by atoms with Crippen molar-refractivity contribution in [2.24, 2.45) is 5.73 Å². The molecule has 152 valence electrons. The van der Waals surface area contributed by atoms with Gasteiger partial charge in [0.25, 0.3) is 0 Å². The molecule has 0 saturated heterocycles. The van der Waals surface area contributed by atoms with Crippen LogP contribution in [-0.4, -0.2) is 58.7 Å². The van der Waals surface area contributed by atoms with Crippen molar-refractivity contribution >= 4 is 27.9 Å². The third-order valence-corrected chi connectivity index (χ3v) is 4.42. The Morgan fingerprint density at radius 1 is 1.14 bits per heavy atom. The summed E-state index contributed by atoms with van der Waals surface area (Å²) in [6, 6.07) is 13.4. The van der Waals surface area contributed by atoms with E-state index in [1.807, 2.05) is 12.3 Å². The highest BCUT2D eigenvalue weighted by molar-refractivity contribution is 9.10. The predicted molar refractivity (Wildman–Crippen MR) is 111 cm³/mol. The van der Waals surface area contributed by atoms with Crippen LogP contribution in [0.4, 0.5) is 0 Å². The summed E-state index contributed by atoms with van der Waals surface area (Å²) in [5.41, 5.74) is 7.31. The highest BCUT2D eigenvalue weighted by atomic mass is 79.9. The lowest BCUT2D eigenvalue weighted by Crippen LogP contribution is -2.32. The lowest BCUT2D eigenvalue weighted by molar-refractivity contribution is -0.144. The highest BCUT2D eigenvalue weighted by Crippen LogP contribution is 2.27. The third-order valence-electron chi connectivity index (χ3n) is 3.89. The van der Waals surface area contributed by atoms with Crippen molar-refractivity contribution in [3.05, 3.63) is 64.4 Å². The number of carboxylic acid groups (broad SMARTS) is 2. The molecule has 1 aromatic heterocycles. The van der Waals surface area contributed by atoms with E-state index in [1.165, 1.54) is 5.56 Å². The number of aromatic nitrogens is 1. The van der Waals surface area contributed by atoms with E-state index in [2.05, 4.69) is 76.3 Å². The molecule has 0 spiro atoms. The minimum absolute atomic E-state index is 0.358. The summed E-state index contributed by atoms with van der Waals surface area (Å²) in [5, 5.41) is 16.0. The topological polar surface area (TPSA) is 117 Å². The van der Waals surface area contributed by atoms with Crippen molar-refractivity contribution in [2.45, 2.75) is 24.8 Å². The van der Waals surface area contributed by atoms with Crippen molar-refractivity contribution in [3.8, 4) is 0 Å². The zero-order valence-electron chi connectivity index (χ0n) is 16.0. The van der Waals surface area contributed by atoms with E-state index in [1.54, 1.807) is 0 Å². The molecule has 4 N–H and O–H groups in total. The maximum atomic E-state index is 9.85. The molecule has 0 amide bonds. The lowest BCUT2D eigenvalue weighted by atomic mass is 9.92. The van der Waals surface area contributed by atoms with Gasteiger partial charge in [-0.25, -0.2) is 0 Å². The number of carboxylic acids is 2. The fraction of sp³-hybridized carbons (Fsp3) is 0.350. The normalized spacial score (nSPS) is 12.6. The number of nitrogens with zero attached hydrogens (tertiary/aromatic N) is 2. The number of hydrogen-bond acceptors (Lipinski definition) is 5. The molecule has 8 heteroatoms. The lowest BCUT2D eigenvalue weighted by Gasteiger charge is -2.19. The molecule has 0 aliphatic rings. The van der Waals surface area contributed by atoms with Crippen LogP contribution in [0.25, 0.3) is 0 Å². The van der Waals surface area contributed by atoms with Crippen molar-refractivity contribution in [1.29, 1.82) is 0 Å². The molecule has 7 nitrogen and oxygen atoms in total. The first-order chi connectivity index (χ1) is 13.2. The standard InChI is InChI=1S/C16H19BrN2.C4H7NO4/c1-19(2)12-10-15(16-5-3-4-11-18-16)13-6-8-14(17)9-7-13;5-2(4(8)9)1-3(6)7/h3-9,11,15H,10,12H2,1-2H3;2H,1,5H2,(H,6,7)(H,8,9). The molecule has 0 aliphatic heterocycles. The van der Waals surface area contributed by atoms with Gasteiger partial charge in [-0.3, -0.25) is 14.6 Å². The molecule has 0 saturated carbocycles. The summed E-state index contributed by atoms with van der Waals surface area (Å²) in [6.07, 6.45) is 2.41. The summed E-state index contributed by atoms with van der Waals surface area (Å²) >= 11 is 3.49. The van der Waals surface area contributed by atoms with E-state index in [9.17, 15) is 9.59 Å². The van der Waals surface area contributed by atoms with Gasteiger partial charge in [0.05, 0.1) is 6.42 Å². The van der Waals surface area contributed by atoms with Crippen LogP contribution in [0, 0.1) is 0 Å². The second-order valence-electron chi connectivity index (χ2n) is 6.49. The van der Waals surface area contributed by atoms with Crippen molar-refractivity contribution in [1.82, 2.24) is 9.88 Å². The van der Waals surface area contributed by atoms with E-state index in [4.69, 9.17) is 15.9 Å². The SMILES string of the molecule is CN(C)CCC(c1ccc(Br)cc1)c1ccccn1.NC(CC(=O)O)C(=O)O. The van der Waals surface area contributed by atoms with Crippen LogP contribution >= 0.6 is 15.9 Å². The number of benzene rings is 1. The van der Waals surface area contributed by atoms with E-state index < -0.39 is 24.4 Å². The average Bonchev–Trinajstić information content (AvgIpc) is 2.64. The monoisotopic (exact) mass is 451 g/mol. The zero-order valence-corrected chi connectivity index (χ0v) is 17.5. The maximum absolute atomic E-state index is 9.85. The summed E-state index contributed by atoms with van der Waals surface area (Å²) in [4.78, 5) is 26.4. The molecule has 2 rings (SSSR count). The molecule has 0 bridgehead atoms. The molecule has 2 aromatic rings. The van der Waals surface area contributed by atoms with Gasteiger partial charge in [0.1, 0.15) is 6.04 Å². The average molecular weight is 452 g/mol. The first kappa shape index (κ1) is 23.7. The Bertz CT molecular complexity index is 739. The zero-order chi connectivity index (χ0) is 21.1. The first-order valence-electron chi connectivity index (χ1n) is 8.72. The molecular formula is C20H26BrN3O4. The van der Waals surface area contributed by atoms with Crippen LogP contribution in [-0.2, 0) is 9.59 Å². The summed E-state index contributed by atoms with van der Waals surface area (Å²) in [5.74, 6) is -2.14. The number of pyridine rings is 1. The Hall–Kier alpha value is -2.29. The van der Waals surface area contributed by atoms with Gasteiger partial charge in [-0.2, -0.15) is 0 Å². The number of halogens is 1. The van der Waals surface area contributed by atoms with Gasteiger partial charge in [0, 0.05) is 22.3 Å². The smallest absolute Gasteiger partial charge is 0.321 e. The van der Waals surface area contributed by atoms with Gasteiger partial charge >= 0.3 is 11.9 Å². The van der Waals surface area contributed by atoms with Gasteiger partial charge in [0.15, 0.2) is 0 Å². The number of rotatable bonds is 8. The molecular weight excluding hydrogens is 426 g/mol. The fourth-order valence-electron chi connectivity index (χ4n) is 2.43. The molecule has 1 heterocycles. The summed E-state index contributed by atoms with van der Waals surface area (Å²) in [6.45, 7) is 1.05. The minimum Gasteiger partial charge on any atom is -0.481 e. The van der Waals surface area contributed by atoms with Crippen LogP contribution in [0.5, 0.6) is 0 Å². The number of aliphatic carboxylic acids is 2. The molecule has 1 aromatic carbocycles. The van der Waals surface area contributed by atoms with E-state index in [0.717, 1.165) is 23.1 Å². The first-order valence-corrected chi connectivity index (χ1v) is 9.51. The van der Waals surface area contributed by atoms with Crippen LogP contribution < -0.4 is 5.73 Å². The van der Waals surface area contributed by atoms with Crippen LogP contribution in [0.15, 0.2) is 53.1 Å². The summed E-state index contributed by atoms with van der Waals surface area (Å²) in [7, 11) is 4.22.